The first-order valence-corrected chi connectivity index (χ1v) is 7.62. The molecule has 0 saturated carbocycles. The molecule has 0 aliphatic rings. The Morgan fingerprint density at radius 2 is 1.27 bits per heavy atom. The average Bonchev–Trinajstić information content (AvgIpc) is 2.61. The molecule has 0 N–H and O–H groups in total. The van der Waals surface area contributed by atoms with Crippen LogP contribution in [0.5, 0.6) is 11.5 Å². The van der Waals surface area contributed by atoms with E-state index in [1.165, 1.54) is 24.3 Å². The summed E-state index contributed by atoms with van der Waals surface area (Å²) in [5, 5.41) is 38.2. The van der Waals surface area contributed by atoms with Crippen LogP contribution in [-0.4, -0.2) is 20.3 Å². The van der Waals surface area contributed by atoms with E-state index in [9.17, 15) is 40.5 Å². The fourth-order valence-electron chi connectivity index (χ4n) is 2.52. The molecule has 0 aliphatic heterocycles. The van der Waals surface area contributed by atoms with Gasteiger partial charge in [0.1, 0.15) is 0 Å². The van der Waals surface area contributed by atoms with Crippen LogP contribution in [0.3, 0.4) is 0 Å². The van der Waals surface area contributed by atoms with Gasteiger partial charge in [0, 0.05) is 12.0 Å². The van der Waals surface area contributed by atoms with Crippen molar-refractivity contribution in [2.45, 2.75) is 12.2 Å². The molecule has 0 saturated heterocycles. The minimum atomic E-state index is -2.93. The van der Waals surface area contributed by atoms with E-state index >= 15 is 0 Å². The molecule has 0 fully saturated rings. The molecule has 0 aromatic heterocycles. The quantitative estimate of drug-likeness (QED) is 0.285. The topological polar surface area (TPSA) is 209 Å². The highest BCUT2D eigenvalue weighted by atomic mass is 17.1. The predicted molar refractivity (Wildman–Crippen MR) is 89.7 cm³/mol. The summed E-state index contributed by atoms with van der Waals surface area (Å²) in [5.41, 5.74) is -0.565. The maximum absolute atomic E-state index is 11.1. The van der Waals surface area contributed by atoms with Gasteiger partial charge in [-0.1, -0.05) is 42.5 Å². The second-order valence-electron chi connectivity index (χ2n) is 5.31. The zero-order valence-corrected chi connectivity index (χ0v) is 14.5. The summed E-state index contributed by atoms with van der Waals surface area (Å²) in [5.74, 6) is -4.89. The van der Waals surface area contributed by atoms with Crippen molar-refractivity contribution in [2.24, 2.45) is 0 Å². The Hall–Kier alpha value is -4.76. The van der Waals surface area contributed by atoms with Crippen molar-refractivity contribution in [3.05, 3.63) is 100 Å². The zero-order chi connectivity index (χ0) is 22.3. The minimum absolute atomic E-state index is 0.217. The third-order valence-corrected chi connectivity index (χ3v) is 3.45. The van der Waals surface area contributed by atoms with Gasteiger partial charge in [-0.25, -0.2) is 0 Å². The lowest BCUT2D eigenvalue weighted by molar-refractivity contribution is -0.879. The summed E-state index contributed by atoms with van der Waals surface area (Å²) in [6.45, 7) is 0. The zero-order valence-electron chi connectivity index (χ0n) is 14.5. The van der Waals surface area contributed by atoms with Crippen molar-refractivity contribution in [1.82, 2.24) is 0 Å². The van der Waals surface area contributed by atoms with Crippen LogP contribution in [0.1, 0.15) is 11.1 Å². The molecule has 0 atom stereocenters. The normalized spacial score (nSPS) is 10.5. The standard InChI is InChI=1S/C14H10N4O12/c19-15(20)27-12-8-4-7-11(13(12)28-16(21)22)14(29-17(23)24,30-18(25)26)9-10-5-2-1-3-6-10/h1-8H,9H2. The van der Waals surface area contributed by atoms with Crippen molar-refractivity contribution in [3.8, 4) is 11.5 Å². The van der Waals surface area contributed by atoms with Gasteiger partial charge in [0.2, 0.25) is 0 Å². The van der Waals surface area contributed by atoms with Gasteiger partial charge in [0.05, 0.1) is 0 Å². The summed E-state index contributed by atoms with van der Waals surface area (Å²) in [4.78, 5) is 61.2. The maximum atomic E-state index is 11.1. The molecule has 16 nitrogen and oxygen atoms in total. The third-order valence-electron chi connectivity index (χ3n) is 3.45. The van der Waals surface area contributed by atoms with E-state index < -0.39 is 49.6 Å². The molecule has 158 valence electrons. The summed E-state index contributed by atoms with van der Waals surface area (Å²) in [6, 6.07) is 10.2. The molecule has 0 radical (unpaired) electrons. The second kappa shape index (κ2) is 8.95. The average molecular weight is 426 g/mol. The van der Waals surface area contributed by atoms with Gasteiger partial charge in [-0.15, -0.1) is 40.5 Å². The molecular formula is C14H10N4O12. The lowest BCUT2D eigenvalue weighted by Gasteiger charge is -2.30. The number of benzene rings is 2. The van der Waals surface area contributed by atoms with Crippen molar-refractivity contribution in [3.63, 3.8) is 0 Å². The van der Waals surface area contributed by atoms with E-state index in [1.807, 2.05) is 0 Å². The van der Waals surface area contributed by atoms with Crippen molar-refractivity contribution in [1.29, 1.82) is 0 Å². The van der Waals surface area contributed by atoms with Crippen molar-refractivity contribution < 1.29 is 39.7 Å². The molecule has 16 heteroatoms. The lowest BCUT2D eigenvalue weighted by Crippen LogP contribution is -2.40. The van der Waals surface area contributed by atoms with Crippen LogP contribution in [0.2, 0.25) is 0 Å². The van der Waals surface area contributed by atoms with Crippen LogP contribution in [0.4, 0.5) is 0 Å². The van der Waals surface area contributed by atoms with Gasteiger partial charge < -0.3 is 0 Å². The van der Waals surface area contributed by atoms with Crippen molar-refractivity contribution >= 4 is 0 Å². The Bertz CT molecular complexity index is 951. The van der Waals surface area contributed by atoms with Crippen molar-refractivity contribution in [2.75, 3.05) is 0 Å². The summed E-state index contributed by atoms with van der Waals surface area (Å²) in [7, 11) is 0. The minimum Gasteiger partial charge on any atom is -0.274 e. The monoisotopic (exact) mass is 426 g/mol. The van der Waals surface area contributed by atoms with Gasteiger partial charge >= 0.3 is 0 Å². The Labute approximate surface area is 164 Å². The molecule has 0 aliphatic carbocycles. The summed E-state index contributed by atoms with van der Waals surface area (Å²) >= 11 is 0. The summed E-state index contributed by atoms with van der Waals surface area (Å²) < 4.78 is 0. The Morgan fingerprint density at radius 3 is 1.77 bits per heavy atom. The molecule has 0 heterocycles. The molecule has 0 spiro atoms. The first-order valence-electron chi connectivity index (χ1n) is 7.62. The van der Waals surface area contributed by atoms with E-state index in [0.29, 0.717) is 0 Å². The van der Waals surface area contributed by atoms with Crippen LogP contribution in [-0.2, 0) is 21.9 Å². The highest BCUT2D eigenvalue weighted by molar-refractivity contribution is 5.48. The van der Waals surface area contributed by atoms with Gasteiger partial charge in [-0.05, 0) is 11.6 Å². The number of para-hydroxylation sites is 1. The highest BCUT2D eigenvalue weighted by Crippen LogP contribution is 2.42. The Kier molecular flexibility index (Phi) is 6.43. The van der Waals surface area contributed by atoms with E-state index in [2.05, 4.69) is 19.4 Å². The van der Waals surface area contributed by atoms with E-state index in [-0.39, 0.29) is 5.56 Å². The van der Waals surface area contributed by atoms with Gasteiger partial charge in [0.25, 0.3) is 26.1 Å². The van der Waals surface area contributed by atoms with Crippen LogP contribution < -0.4 is 9.68 Å². The van der Waals surface area contributed by atoms with E-state index in [0.717, 1.165) is 18.2 Å². The molecule has 2 aromatic rings. The number of hydrogen-bond donors (Lipinski definition) is 0. The number of hydrogen-bond acceptors (Lipinski definition) is 12. The second-order valence-corrected chi connectivity index (χ2v) is 5.31. The first kappa shape index (κ1) is 21.5. The number of nitrogens with zero attached hydrogens (tertiary/aromatic N) is 4. The predicted octanol–water partition coefficient (Wildman–Crippen LogP) is 1.64. The molecule has 2 rings (SSSR count). The van der Waals surface area contributed by atoms with E-state index in [1.54, 1.807) is 6.07 Å². The SMILES string of the molecule is O=[N+]([O-])Oc1cccc(C(Cc2ccccc2)(O[N+](=O)[O-])O[N+](=O)[O-])c1O[N+](=O)[O-]. The van der Waals surface area contributed by atoms with E-state index in [4.69, 9.17) is 0 Å². The summed E-state index contributed by atoms with van der Waals surface area (Å²) in [6.07, 6.45) is -0.716. The van der Waals surface area contributed by atoms with Crippen LogP contribution in [0.25, 0.3) is 0 Å². The Balaban J connectivity index is 2.77. The highest BCUT2D eigenvalue weighted by Gasteiger charge is 2.45. The smallest absolute Gasteiger partial charge is 0.274 e. The molecule has 0 amide bonds. The van der Waals surface area contributed by atoms with Gasteiger partial charge in [0.15, 0.2) is 11.5 Å². The lowest BCUT2D eigenvalue weighted by atomic mass is 9.96. The largest absolute Gasteiger partial charge is 0.299 e. The van der Waals surface area contributed by atoms with Crippen LogP contribution in [0, 0.1) is 40.5 Å². The van der Waals surface area contributed by atoms with Gasteiger partial charge in [-0.3, -0.25) is 19.4 Å². The molecular weight excluding hydrogens is 416 g/mol. The van der Waals surface area contributed by atoms with Gasteiger partial charge in [-0.2, -0.15) is 0 Å². The van der Waals surface area contributed by atoms with Crippen LogP contribution in [0.15, 0.2) is 48.5 Å². The molecule has 0 bridgehead atoms. The molecule has 30 heavy (non-hydrogen) atoms. The maximum Gasteiger partial charge on any atom is 0.299 e. The fourth-order valence-corrected chi connectivity index (χ4v) is 2.52. The Morgan fingerprint density at radius 1 is 0.700 bits per heavy atom. The molecule has 0 unspecified atom stereocenters. The fraction of sp³-hybridized carbons (Fsp3) is 0.143. The number of rotatable bonds is 11. The third kappa shape index (κ3) is 5.38. The first-order chi connectivity index (χ1) is 14.1. The van der Waals surface area contributed by atoms with Crippen LogP contribution >= 0.6 is 0 Å². The molecule has 2 aromatic carbocycles.